The Balaban J connectivity index is 2.01. The summed E-state index contributed by atoms with van der Waals surface area (Å²) in [5.41, 5.74) is 6.78. The van der Waals surface area contributed by atoms with E-state index in [0.29, 0.717) is 23.6 Å². The van der Waals surface area contributed by atoms with Gasteiger partial charge in [0.05, 0.1) is 11.7 Å². The Kier molecular flexibility index (Phi) is 4.20. The van der Waals surface area contributed by atoms with Crippen molar-refractivity contribution < 1.29 is 14.3 Å². The first kappa shape index (κ1) is 12.9. The summed E-state index contributed by atoms with van der Waals surface area (Å²) in [6.07, 6.45) is 3.45. The molecule has 1 unspecified atom stereocenters. The lowest BCUT2D eigenvalue weighted by atomic mass is 10.1. The van der Waals surface area contributed by atoms with E-state index in [4.69, 9.17) is 15.2 Å². The molecular formula is C14H19NO3. The number of hydrogen-bond acceptors (Lipinski definition) is 4. The zero-order valence-electron chi connectivity index (χ0n) is 10.6. The van der Waals surface area contributed by atoms with E-state index in [-0.39, 0.29) is 11.9 Å². The lowest BCUT2D eigenvalue weighted by molar-refractivity contribution is -0.0112. The third kappa shape index (κ3) is 3.23. The zero-order valence-corrected chi connectivity index (χ0v) is 10.6. The number of nitrogens with two attached hydrogens (primary N) is 1. The molecule has 1 aliphatic heterocycles. The molecule has 2 N–H and O–H groups in total. The minimum absolute atomic E-state index is 0.0399. The number of ketones is 1. The number of anilines is 1. The van der Waals surface area contributed by atoms with Gasteiger partial charge in [-0.1, -0.05) is 0 Å². The topological polar surface area (TPSA) is 61.6 Å². The van der Waals surface area contributed by atoms with E-state index in [1.807, 2.05) is 0 Å². The van der Waals surface area contributed by atoms with Crippen molar-refractivity contribution in [2.75, 3.05) is 18.9 Å². The van der Waals surface area contributed by atoms with Crippen LogP contribution in [0.4, 0.5) is 5.69 Å². The Morgan fingerprint density at radius 2 is 2.33 bits per heavy atom. The highest BCUT2D eigenvalue weighted by atomic mass is 16.5. The second kappa shape index (κ2) is 5.87. The quantitative estimate of drug-likeness (QED) is 0.657. The third-order valence-corrected chi connectivity index (χ3v) is 3.08. The number of benzene rings is 1. The van der Waals surface area contributed by atoms with Gasteiger partial charge in [0.2, 0.25) is 0 Å². The van der Waals surface area contributed by atoms with Crippen LogP contribution >= 0.6 is 0 Å². The first-order valence-electron chi connectivity index (χ1n) is 6.31. The molecule has 4 heteroatoms. The lowest BCUT2D eigenvalue weighted by Crippen LogP contribution is -2.26. The molecule has 2 rings (SSSR count). The van der Waals surface area contributed by atoms with Gasteiger partial charge in [-0.15, -0.1) is 0 Å². The van der Waals surface area contributed by atoms with Crippen LogP contribution in [0.1, 0.15) is 36.5 Å². The summed E-state index contributed by atoms with van der Waals surface area (Å²) in [6.45, 7) is 2.80. The molecule has 1 aromatic rings. The molecule has 1 fully saturated rings. The highest BCUT2D eigenvalue weighted by Crippen LogP contribution is 2.23. The highest BCUT2D eigenvalue weighted by Gasteiger charge is 2.16. The lowest BCUT2D eigenvalue weighted by Gasteiger charge is -2.23. The van der Waals surface area contributed by atoms with Gasteiger partial charge >= 0.3 is 0 Å². The van der Waals surface area contributed by atoms with Gasteiger partial charge in [0.25, 0.3) is 0 Å². The Morgan fingerprint density at radius 1 is 1.50 bits per heavy atom. The van der Waals surface area contributed by atoms with Crippen molar-refractivity contribution in [1.82, 2.24) is 0 Å². The molecule has 1 atom stereocenters. The summed E-state index contributed by atoms with van der Waals surface area (Å²) in [6, 6.07) is 5.14. The second-order valence-electron chi connectivity index (χ2n) is 4.61. The van der Waals surface area contributed by atoms with Crippen LogP contribution in [0.5, 0.6) is 5.75 Å². The van der Waals surface area contributed by atoms with Crippen LogP contribution in [-0.4, -0.2) is 25.1 Å². The van der Waals surface area contributed by atoms with E-state index in [9.17, 15) is 4.79 Å². The summed E-state index contributed by atoms with van der Waals surface area (Å²) < 4.78 is 11.3. The number of nitrogen functional groups attached to an aromatic ring is 1. The van der Waals surface area contributed by atoms with Crippen molar-refractivity contribution in [3.05, 3.63) is 23.8 Å². The van der Waals surface area contributed by atoms with E-state index in [1.165, 1.54) is 13.3 Å². The summed E-state index contributed by atoms with van der Waals surface area (Å²) in [5, 5.41) is 0. The van der Waals surface area contributed by atoms with Crippen molar-refractivity contribution >= 4 is 11.5 Å². The number of ether oxygens (including phenoxy) is 2. The maximum atomic E-state index is 11.5. The van der Waals surface area contributed by atoms with Gasteiger partial charge in [-0.3, -0.25) is 4.79 Å². The predicted octanol–water partition coefficient (Wildman–Crippen LogP) is 2.42. The first-order chi connectivity index (χ1) is 8.66. The van der Waals surface area contributed by atoms with E-state index in [1.54, 1.807) is 18.2 Å². The molecule has 1 aliphatic rings. The Hall–Kier alpha value is -1.55. The van der Waals surface area contributed by atoms with Crippen molar-refractivity contribution in [2.45, 2.75) is 32.3 Å². The number of carbonyl (C=O) groups is 1. The van der Waals surface area contributed by atoms with Gasteiger partial charge in [0.15, 0.2) is 5.78 Å². The van der Waals surface area contributed by atoms with Crippen LogP contribution in [0.2, 0.25) is 0 Å². The fourth-order valence-electron chi connectivity index (χ4n) is 2.07. The Bertz CT molecular complexity index is 425. The Morgan fingerprint density at radius 3 is 3.00 bits per heavy atom. The minimum atomic E-state index is -0.0399. The largest absolute Gasteiger partial charge is 0.490 e. The van der Waals surface area contributed by atoms with Crippen LogP contribution in [-0.2, 0) is 4.74 Å². The van der Waals surface area contributed by atoms with E-state index >= 15 is 0 Å². The van der Waals surface area contributed by atoms with Crippen LogP contribution in [0.3, 0.4) is 0 Å². The predicted molar refractivity (Wildman–Crippen MR) is 69.9 cm³/mol. The molecule has 0 aromatic heterocycles. The first-order valence-corrected chi connectivity index (χ1v) is 6.31. The van der Waals surface area contributed by atoms with Gasteiger partial charge in [0, 0.05) is 12.3 Å². The van der Waals surface area contributed by atoms with Gasteiger partial charge in [0.1, 0.15) is 12.4 Å². The van der Waals surface area contributed by atoms with Gasteiger partial charge in [-0.25, -0.2) is 0 Å². The molecular weight excluding hydrogens is 230 g/mol. The van der Waals surface area contributed by atoms with Crippen molar-refractivity contribution in [2.24, 2.45) is 0 Å². The highest BCUT2D eigenvalue weighted by molar-refractivity contribution is 5.97. The molecule has 1 heterocycles. The maximum absolute atomic E-state index is 11.5. The number of Topliss-reactive ketones (excluding diaryl/α,β-unsaturated/α-hetero) is 1. The Labute approximate surface area is 107 Å². The van der Waals surface area contributed by atoms with E-state index in [0.717, 1.165) is 19.4 Å². The van der Waals surface area contributed by atoms with Crippen LogP contribution in [0.15, 0.2) is 18.2 Å². The second-order valence-corrected chi connectivity index (χ2v) is 4.61. The van der Waals surface area contributed by atoms with Crippen LogP contribution in [0.25, 0.3) is 0 Å². The normalized spacial score (nSPS) is 19.5. The fraction of sp³-hybridized carbons (Fsp3) is 0.500. The number of hydrogen-bond donors (Lipinski definition) is 1. The molecule has 0 spiro atoms. The van der Waals surface area contributed by atoms with E-state index in [2.05, 4.69) is 0 Å². The summed E-state index contributed by atoms with van der Waals surface area (Å²) >= 11 is 0. The molecule has 4 nitrogen and oxygen atoms in total. The molecule has 1 aromatic carbocycles. The molecule has 1 saturated heterocycles. The third-order valence-electron chi connectivity index (χ3n) is 3.08. The number of rotatable bonds is 4. The molecule has 18 heavy (non-hydrogen) atoms. The fourth-order valence-corrected chi connectivity index (χ4v) is 2.07. The maximum Gasteiger partial charge on any atom is 0.163 e. The smallest absolute Gasteiger partial charge is 0.163 e. The molecule has 0 saturated carbocycles. The average molecular weight is 249 g/mol. The van der Waals surface area contributed by atoms with Crippen molar-refractivity contribution in [1.29, 1.82) is 0 Å². The van der Waals surface area contributed by atoms with Crippen molar-refractivity contribution in [3.8, 4) is 5.75 Å². The van der Waals surface area contributed by atoms with Gasteiger partial charge in [-0.2, -0.15) is 0 Å². The zero-order chi connectivity index (χ0) is 13.0. The SMILES string of the molecule is CC(=O)c1cc(N)ccc1OCC1CCCCO1. The van der Waals surface area contributed by atoms with Gasteiger partial charge in [-0.05, 0) is 44.4 Å². The van der Waals surface area contributed by atoms with Crippen LogP contribution < -0.4 is 10.5 Å². The molecule has 0 amide bonds. The summed E-state index contributed by atoms with van der Waals surface area (Å²) in [7, 11) is 0. The monoisotopic (exact) mass is 249 g/mol. The average Bonchev–Trinajstić information content (AvgIpc) is 2.38. The van der Waals surface area contributed by atoms with Gasteiger partial charge < -0.3 is 15.2 Å². The van der Waals surface area contributed by atoms with Crippen LogP contribution in [0, 0.1) is 0 Å². The molecule has 0 bridgehead atoms. The molecule has 0 aliphatic carbocycles. The summed E-state index contributed by atoms with van der Waals surface area (Å²) in [5.74, 6) is 0.549. The van der Waals surface area contributed by atoms with Crippen molar-refractivity contribution in [3.63, 3.8) is 0 Å². The summed E-state index contributed by atoms with van der Waals surface area (Å²) in [4.78, 5) is 11.5. The van der Waals surface area contributed by atoms with E-state index < -0.39 is 0 Å². The minimum Gasteiger partial charge on any atom is -0.490 e. The molecule has 98 valence electrons. The standard InChI is InChI=1S/C14H19NO3/c1-10(16)13-8-11(15)5-6-14(13)18-9-12-4-2-3-7-17-12/h5-6,8,12H,2-4,7,9,15H2,1H3. The molecule has 0 radical (unpaired) electrons. The number of carbonyl (C=O) groups excluding carboxylic acids is 1.